The summed E-state index contributed by atoms with van der Waals surface area (Å²) in [6.07, 6.45) is 0. The zero-order valence-electron chi connectivity index (χ0n) is 14.8. The molecule has 3 aromatic rings. The number of carbonyl (C=O) groups is 1. The van der Waals surface area contributed by atoms with Crippen LogP contribution in [0.3, 0.4) is 0 Å². The van der Waals surface area contributed by atoms with Crippen LogP contribution in [0.5, 0.6) is 0 Å². The maximum atomic E-state index is 12.2. The summed E-state index contributed by atoms with van der Waals surface area (Å²) in [5.41, 5.74) is 2.52. The number of hydrogen-bond acceptors (Lipinski definition) is 6. The number of hydrogen-bond donors (Lipinski definition) is 2. The minimum atomic E-state index is -0.301. The molecule has 2 aromatic carbocycles. The van der Waals surface area contributed by atoms with Gasteiger partial charge in [-0.1, -0.05) is 22.9 Å². The van der Waals surface area contributed by atoms with E-state index in [0.29, 0.717) is 15.7 Å². The highest BCUT2D eigenvalue weighted by atomic mass is 35.5. The van der Waals surface area contributed by atoms with Crippen LogP contribution in [0.25, 0.3) is 10.2 Å². The lowest BCUT2D eigenvalue weighted by molar-refractivity contribution is 0.0977. The number of aromatic nitrogens is 1. The Bertz CT molecular complexity index is 1020. The molecule has 2 heterocycles. The van der Waals surface area contributed by atoms with Crippen molar-refractivity contribution in [3.05, 3.63) is 53.1 Å². The van der Waals surface area contributed by atoms with E-state index < -0.39 is 0 Å². The fourth-order valence-corrected chi connectivity index (χ4v) is 4.17. The molecular weight excluding hydrogens is 416 g/mol. The lowest BCUT2D eigenvalue weighted by Crippen LogP contribution is -2.36. The first-order valence-electron chi connectivity index (χ1n) is 8.70. The first kappa shape index (κ1) is 19.1. The van der Waals surface area contributed by atoms with Crippen molar-refractivity contribution in [2.75, 3.05) is 36.5 Å². The van der Waals surface area contributed by atoms with Gasteiger partial charge in [-0.15, -0.1) is 0 Å². The van der Waals surface area contributed by atoms with Crippen LogP contribution in [0.4, 0.5) is 10.8 Å². The van der Waals surface area contributed by atoms with Gasteiger partial charge in [0.15, 0.2) is 10.2 Å². The van der Waals surface area contributed by atoms with E-state index in [1.165, 1.54) is 11.3 Å². The predicted molar refractivity (Wildman–Crippen MR) is 118 cm³/mol. The van der Waals surface area contributed by atoms with E-state index in [2.05, 4.69) is 32.7 Å². The first-order chi connectivity index (χ1) is 13.6. The normalized spacial score (nSPS) is 14.1. The highest BCUT2D eigenvalue weighted by Crippen LogP contribution is 2.30. The molecule has 1 saturated heterocycles. The fourth-order valence-electron chi connectivity index (χ4n) is 2.89. The van der Waals surface area contributed by atoms with E-state index in [1.54, 1.807) is 24.3 Å². The summed E-state index contributed by atoms with van der Waals surface area (Å²) < 4.78 is 6.46. The van der Waals surface area contributed by atoms with Gasteiger partial charge in [-0.05, 0) is 54.7 Å². The van der Waals surface area contributed by atoms with Crippen LogP contribution in [0.15, 0.2) is 42.5 Å². The number of ether oxygens (including phenoxy) is 1. The van der Waals surface area contributed by atoms with E-state index in [4.69, 9.17) is 28.6 Å². The quantitative estimate of drug-likeness (QED) is 0.611. The van der Waals surface area contributed by atoms with Gasteiger partial charge in [0.2, 0.25) is 0 Å². The molecule has 1 amide bonds. The Balaban J connectivity index is 1.43. The van der Waals surface area contributed by atoms with Crippen LogP contribution in [0.1, 0.15) is 10.4 Å². The topological polar surface area (TPSA) is 66.5 Å². The number of morpholine rings is 1. The van der Waals surface area contributed by atoms with Crippen molar-refractivity contribution < 1.29 is 9.53 Å². The Morgan fingerprint density at radius 3 is 2.68 bits per heavy atom. The fraction of sp³-hybridized carbons (Fsp3) is 0.211. The molecule has 4 rings (SSSR count). The van der Waals surface area contributed by atoms with Gasteiger partial charge in [0, 0.05) is 29.4 Å². The highest BCUT2D eigenvalue weighted by Gasteiger charge is 2.14. The number of amides is 1. The summed E-state index contributed by atoms with van der Waals surface area (Å²) in [5.74, 6) is -0.301. The Kier molecular flexibility index (Phi) is 5.72. The summed E-state index contributed by atoms with van der Waals surface area (Å²) in [5, 5.41) is 7.05. The monoisotopic (exact) mass is 432 g/mol. The third-order valence-electron chi connectivity index (χ3n) is 4.30. The molecule has 9 heteroatoms. The van der Waals surface area contributed by atoms with E-state index in [1.807, 2.05) is 6.07 Å². The lowest BCUT2D eigenvalue weighted by Gasteiger charge is -2.28. The molecule has 0 aliphatic carbocycles. The minimum absolute atomic E-state index is 0.201. The van der Waals surface area contributed by atoms with Gasteiger partial charge in [0.05, 0.1) is 23.4 Å². The molecule has 0 unspecified atom stereocenters. The Labute approximate surface area is 176 Å². The maximum Gasteiger partial charge on any atom is 0.257 e. The summed E-state index contributed by atoms with van der Waals surface area (Å²) in [7, 11) is 0. The van der Waals surface area contributed by atoms with E-state index >= 15 is 0 Å². The number of rotatable bonds is 3. The van der Waals surface area contributed by atoms with Crippen molar-refractivity contribution in [2.24, 2.45) is 0 Å². The summed E-state index contributed by atoms with van der Waals surface area (Å²) in [6, 6.07) is 12.8. The van der Waals surface area contributed by atoms with Crippen LogP contribution < -0.4 is 15.5 Å². The Morgan fingerprint density at radius 1 is 1.18 bits per heavy atom. The molecule has 28 heavy (non-hydrogen) atoms. The number of anilines is 2. The van der Waals surface area contributed by atoms with Gasteiger partial charge >= 0.3 is 0 Å². The van der Waals surface area contributed by atoms with Crippen molar-refractivity contribution >= 4 is 67.2 Å². The molecule has 144 valence electrons. The second-order valence-corrected chi connectivity index (χ2v) is 8.06. The zero-order chi connectivity index (χ0) is 19.5. The van der Waals surface area contributed by atoms with Crippen LogP contribution in [-0.4, -0.2) is 42.3 Å². The summed E-state index contributed by atoms with van der Waals surface area (Å²) in [4.78, 5) is 19.1. The summed E-state index contributed by atoms with van der Waals surface area (Å²) >= 11 is 12.6. The third-order valence-corrected chi connectivity index (χ3v) is 5.69. The van der Waals surface area contributed by atoms with Gasteiger partial charge in [0.1, 0.15) is 0 Å². The molecule has 0 saturated carbocycles. The first-order valence-corrected chi connectivity index (χ1v) is 10.3. The van der Waals surface area contributed by atoms with Crippen molar-refractivity contribution in [2.45, 2.75) is 0 Å². The number of thiocarbonyl (C=S) groups is 1. The zero-order valence-corrected chi connectivity index (χ0v) is 17.2. The van der Waals surface area contributed by atoms with E-state index in [0.717, 1.165) is 42.2 Å². The number of benzene rings is 2. The molecule has 1 aliphatic rings. The standard InChI is InChI=1S/C19H17ClN4O2S2/c20-13-3-1-12(2-4-13)17(25)22-18(27)23-19-21-15-6-5-14(11-16(15)28-19)24-7-9-26-10-8-24/h1-6,11H,7-10H2,(H2,21,22,23,25,27). The lowest BCUT2D eigenvalue weighted by atomic mass is 10.2. The number of nitrogens with one attached hydrogen (secondary N) is 2. The van der Waals surface area contributed by atoms with Gasteiger partial charge in [-0.2, -0.15) is 0 Å². The van der Waals surface area contributed by atoms with E-state index in [-0.39, 0.29) is 11.0 Å². The average molecular weight is 433 g/mol. The highest BCUT2D eigenvalue weighted by molar-refractivity contribution is 7.80. The number of fused-ring (bicyclic) bond motifs is 1. The molecular formula is C19H17ClN4O2S2. The SMILES string of the molecule is O=C(NC(=S)Nc1nc2ccc(N3CCOCC3)cc2s1)c1ccc(Cl)cc1. The van der Waals surface area contributed by atoms with Gasteiger partial charge in [-0.3, -0.25) is 10.1 Å². The molecule has 1 aliphatic heterocycles. The number of halogens is 1. The molecule has 0 atom stereocenters. The molecule has 6 nitrogen and oxygen atoms in total. The van der Waals surface area contributed by atoms with Crippen molar-refractivity contribution in [3.8, 4) is 0 Å². The molecule has 2 N–H and O–H groups in total. The number of carbonyl (C=O) groups excluding carboxylic acids is 1. The smallest absolute Gasteiger partial charge is 0.257 e. The Hall–Kier alpha value is -2.26. The predicted octanol–water partition coefficient (Wildman–Crippen LogP) is 3.91. The molecule has 0 spiro atoms. The second kappa shape index (κ2) is 8.40. The summed E-state index contributed by atoms with van der Waals surface area (Å²) in [6.45, 7) is 3.26. The maximum absolute atomic E-state index is 12.2. The molecule has 1 aromatic heterocycles. The van der Waals surface area contributed by atoms with Crippen LogP contribution in [0.2, 0.25) is 5.02 Å². The van der Waals surface area contributed by atoms with Crippen LogP contribution >= 0.6 is 35.2 Å². The second-order valence-electron chi connectivity index (χ2n) is 6.19. The molecule has 0 radical (unpaired) electrons. The van der Waals surface area contributed by atoms with Crippen molar-refractivity contribution in [1.29, 1.82) is 0 Å². The third kappa shape index (κ3) is 4.41. The van der Waals surface area contributed by atoms with Crippen LogP contribution in [0, 0.1) is 0 Å². The largest absolute Gasteiger partial charge is 0.378 e. The Morgan fingerprint density at radius 2 is 1.93 bits per heavy atom. The molecule has 0 bridgehead atoms. The van der Waals surface area contributed by atoms with Gasteiger partial charge in [0.25, 0.3) is 5.91 Å². The average Bonchev–Trinajstić information content (AvgIpc) is 3.10. The molecule has 1 fully saturated rings. The van der Waals surface area contributed by atoms with Crippen molar-refractivity contribution in [1.82, 2.24) is 10.3 Å². The van der Waals surface area contributed by atoms with Crippen LogP contribution in [-0.2, 0) is 4.74 Å². The van der Waals surface area contributed by atoms with Gasteiger partial charge < -0.3 is 15.0 Å². The van der Waals surface area contributed by atoms with Gasteiger partial charge in [-0.25, -0.2) is 4.98 Å². The number of nitrogens with zero attached hydrogens (tertiary/aromatic N) is 2. The number of thiazole rings is 1. The van der Waals surface area contributed by atoms with Crippen molar-refractivity contribution in [3.63, 3.8) is 0 Å². The minimum Gasteiger partial charge on any atom is -0.378 e. The van der Waals surface area contributed by atoms with E-state index in [9.17, 15) is 4.79 Å².